The van der Waals surface area contributed by atoms with Crippen molar-refractivity contribution in [3.63, 3.8) is 0 Å². The molecule has 0 saturated heterocycles. The van der Waals surface area contributed by atoms with Crippen LogP contribution in [-0.2, 0) is 9.53 Å². The number of primary amides is 1. The Balaban J connectivity index is 1.49. The molecule has 0 aliphatic heterocycles. The molecule has 35 heavy (non-hydrogen) atoms. The number of H-pyrrole nitrogens is 1. The zero-order valence-electron chi connectivity index (χ0n) is 19.2. The topological polar surface area (TPSA) is 136 Å². The molecule has 4 aromatic rings. The second-order valence-corrected chi connectivity index (χ2v) is 7.75. The summed E-state index contributed by atoms with van der Waals surface area (Å²) < 4.78 is 10.7. The van der Waals surface area contributed by atoms with E-state index in [9.17, 15) is 14.4 Å². The first-order valence-corrected chi connectivity index (χ1v) is 10.9. The van der Waals surface area contributed by atoms with Gasteiger partial charge >= 0.3 is 5.97 Å². The van der Waals surface area contributed by atoms with Crippen molar-refractivity contribution in [2.24, 2.45) is 5.73 Å². The van der Waals surface area contributed by atoms with E-state index >= 15 is 0 Å². The number of anilines is 1. The number of hydrogen-bond acceptors (Lipinski definition) is 6. The number of benzene rings is 3. The van der Waals surface area contributed by atoms with Gasteiger partial charge in [-0.3, -0.25) is 9.59 Å². The van der Waals surface area contributed by atoms with Crippen LogP contribution in [0.3, 0.4) is 0 Å². The average Bonchev–Trinajstić information content (AvgIpc) is 3.30. The van der Waals surface area contributed by atoms with E-state index in [-0.39, 0.29) is 23.2 Å². The summed E-state index contributed by atoms with van der Waals surface area (Å²) in [5, 5.41) is 2.62. The molecule has 1 unspecified atom stereocenters. The molecule has 3 aromatic carbocycles. The number of esters is 1. The standard InChI is InChI=1S/C26H24N4O5/c1-3-22(25(32)30-19-7-5-4-6-18(19)23(27)31)35-26(33)16-10-13-20-21(14-16)29-24(28-20)15-8-11-17(34-2)12-9-15/h4-14,22H,3H2,1-2H3,(H2,27,31)(H,28,29)(H,30,32). The molecule has 0 radical (unpaired) electrons. The molecule has 0 saturated carbocycles. The maximum absolute atomic E-state index is 12.8. The van der Waals surface area contributed by atoms with Gasteiger partial charge in [-0.15, -0.1) is 0 Å². The average molecular weight is 473 g/mol. The fourth-order valence-electron chi connectivity index (χ4n) is 3.56. The number of imidazole rings is 1. The number of nitrogens with one attached hydrogen (secondary N) is 2. The van der Waals surface area contributed by atoms with Gasteiger partial charge in [0.15, 0.2) is 6.10 Å². The highest BCUT2D eigenvalue weighted by Crippen LogP contribution is 2.24. The third kappa shape index (κ3) is 5.14. The Morgan fingerprint density at radius 2 is 1.80 bits per heavy atom. The number of fused-ring (bicyclic) bond motifs is 1. The summed E-state index contributed by atoms with van der Waals surface area (Å²) in [6, 6.07) is 18.7. The third-order valence-corrected chi connectivity index (χ3v) is 5.44. The Morgan fingerprint density at radius 1 is 1.06 bits per heavy atom. The van der Waals surface area contributed by atoms with Crippen LogP contribution in [0, 0.1) is 0 Å². The van der Waals surface area contributed by atoms with E-state index < -0.39 is 23.9 Å². The minimum Gasteiger partial charge on any atom is -0.497 e. The van der Waals surface area contributed by atoms with Gasteiger partial charge in [-0.1, -0.05) is 19.1 Å². The first-order valence-electron chi connectivity index (χ1n) is 10.9. The SMILES string of the molecule is CCC(OC(=O)c1ccc2nc(-c3ccc(OC)cc3)[nH]c2c1)C(=O)Nc1ccccc1C(N)=O. The first kappa shape index (κ1) is 23.5. The lowest BCUT2D eigenvalue weighted by atomic mass is 10.1. The quantitative estimate of drug-likeness (QED) is 0.333. The van der Waals surface area contributed by atoms with Crippen LogP contribution in [-0.4, -0.2) is 41.0 Å². The lowest BCUT2D eigenvalue weighted by Gasteiger charge is -2.17. The number of para-hydroxylation sites is 1. The summed E-state index contributed by atoms with van der Waals surface area (Å²) in [4.78, 5) is 44.9. The lowest BCUT2D eigenvalue weighted by molar-refractivity contribution is -0.124. The van der Waals surface area contributed by atoms with Crippen LogP contribution in [0.25, 0.3) is 22.4 Å². The van der Waals surface area contributed by atoms with Crippen molar-refractivity contribution in [2.75, 3.05) is 12.4 Å². The number of nitrogens with zero attached hydrogens (tertiary/aromatic N) is 1. The summed E-state index contributed by atoms with van der Waals surface area (Å²) >= 11 is 0. The molecule has 1 aromatic heterocycles. The molecule has 2 amide bonds. The van der Waals surface area contributed by atoms with Crippen molar-refractivity contribution in [3.05, 3.63) is 77.9 Å². The summed E-state index contributed by atoms with van der Waals surface area (Å²) in [5.41, 5.74) is 8.25. The first-order chi connectivity index (χ1) is 16.9. The number of carbonyl (C=O) groups excluding carboxylic acids is 3. The number of hydrogen-bond donors (Lipinski definition) is 3. The van der Waals surface area contributed by atoms with Gasteiger partial charge in [0.1, 0.15) is 11.6 Å². The van der Waals surface area contributed by atoms with Crippen molar-refractivity contribution in [2.45, 2.75) is 19.4 Å². The van der Waals surface area contributed by atoms with Crippen molar-refractivity contribution >= 4 is 34.5 Å². The Labute approximate surface area is 201 Å². The minimum atomic E-state index is -1.06. The van der Waals surface area contributed by atoms with Gasteiger partial charge in [0.25, 0.3) is 11.8 Å². The number of ether oxygens (including phenoxy) is 2. The number of amides is 2. The smallest absolute Gasteiger partial charge is 0.338 e. The van der Waals surface area contributed by atoms with Crippen LogP contribution in [0.15, 0.2) is 66.7 Å². The Hall–Kier alpha value is -4.66. The van der Waals surface area contributed by atoms with E-state index in [0.717, 1.165) is 11.3 Å². The number of methoxy groups -OCH3 is 1. The molecule has 1 atom stereocenters. The van der Waals surface area contributed by atoms with E-state index in [1.54, 1.807) is 50.4 Å². The van der Waals surface area contributed by atoms with Gasteiger partial charge in [0, 0.05) is 5.56 Å². The van der Waals surface area contributed by atoms with Gasteiger partial charge in [-0.2, -0.15) is 0 Å². The van der Waals surface area contributed by atoms with Crippen molar-refractivity contribution in [1.82, 2.24) is 9.97 Å². The molecule has 0 bridgehead atoms. The van der Waals surface area contributed by atoms with Crippen molar-refractivity contribution < 1.29 is 23.9 Å². The molecule has 178 valence electrons. The molecular formula is C26H24N4O5. The van der Waals surface area contributed by atoms with E-state index in [1.165, 1.54) is 6.07 Å². The second-order valence-electron chi connectivity index (χ2n) is 7.75. The number of rotatable bonds is 8. The van der Waals surface area contributed by atoms with E-state index in [0.29, 0.717) is 16.9 Å². The normalized spacial score (nSPS) is 11.6. The van der Waals surface area contributed by atoms with E-state index in [4.69, 9.17) is 15.2 Å². The summed E-state index contributed by atoms with van der Waals surface area (Å²) in [6.45, 7) is 1.72. The van der Waals surface area contributed by atoms with Gasteiger partial charge in [-0.25, -0.2) is 9.78 Å². The molecule has 4 rings (SSSR count). The second kappa shape index (κ2) is 10.1. The Kier molecular flexibility index (Phi) is 6.77. The van der Waals surface area contributed by atoms with Crippen molar-refractivity contribution in [1.29, 1.82) is 0 Å². The van der Waals surface area contributed by atoms with Crippen LogP contribution < -0.4 is 15.8 Å². The van der Waals surface area contributed by atoms with E-state index in [2.05, 4.69) is 15.3 Å². The Bertz CT molecular complexity index is 1390. The number of aromatic amines is 1. The maximum Gasteiger partial charge on any atom is 0.338 e. The molecule has 0 aliphatic rings. The molecule has 4 N–H and O–H groups in total. The zero-order chi connectivity index (χ0) is 24.9. The van der Waals surface area contributed by atoms with Gasteiger partial charge in [-0.05, 0) is 61.0 Å². The molecule has 0 aliphatic carbocycles. The highest BCUT2D eigenvalue weighted by molar-refractivity contribution is 6.04. The molecule has 0 spiro atoms. The maximum atomic E-state index is 12.8. The van der Waals surface area contributed by atoms with Crippen LogP contribution in [0.5, 0.6) is 5.75 Å². The fourth-order valence-corrected chi connectivity index (χ4v) is 3.56. The highest BCUT2D eigenvalue weighted by atomic mass is 16.5. The minimum absolute atomic E-state index is 0.166. The van der Waals surface area contributed by atoms with Gasteiger partial charge in [0.2, 0.25) is 0 Å². The largest absolute Gasteiger partial charge is 0.497 e. The molecule has 9 heteroatoms. The fraction of sp³-hybridized carbons (Fsp3) is 0.154. The summed E-state index contributed by atoms with van der Waals surface area (Å²) in [7, 11) is 1.60. The van der Waals surface area contributed by atoms with E-state index in [1.807, 2.05) is 24.3 Å². The Morgan fingerprint density at radius 3 is 2.49 bits per heavy atom. The van der Waals surface area contributed by atoms with Crippen LogP contribution >= 0.6 is 0 Å². The molecule has 9 nitrogen and oxygen atoms in total. The zero-order valence-corrected chi connectivity index (χ0v) is 19.2. The van der Waals surface area contributed by atoms with Crippen molar-refractivity contribution in [3.8, 4) is 17.1 Å². The predicted molar refractivity (Wildman–Crippen MR) is 131 cm³/mol. The molecule has 1 heterocycles. The number of carbonyl (C=O) groups is 3. The number of aromatic nitrogens is 2. The lowest BCUT2D eigenvalue weighted by Crippen LogP contribution is -2.32. The monoisotopic (exact) mass is 472 g/mol. The van der Waals surface area contributed by atoms with Crippen LogP contribution in [0.4, 0.5) is 5.69 Å². The summed E-state index contributed by atoms with van der Waals surface area (Å²) in [5.74, 6) is -0.501. The van der Waals surface area contributed by atoms with Crippen LogP contribution in [0.1, 0.15) is 34.1 Å². The van der Waals surface area contributed by atoms with Gasteiger partial charge in [0.05, 0.1) is 35.0 Å². The summed E-state index contributed by atoms with van der Waals surface area (Å²) in [6.07, 6.45) is -0.819. The predicted octanol–water partition coefficient (Wildman–Crippen LogP) is 3.91. The molecule has 0 fully saturated rings. The molecular weight excluding hydrogens is 448 g/mol. The third-order valence-electron chi connectivity index (χ3n) is 5.44. The highest BCUT2D eigenvalue weighted by Gasteiger charge is 2.23. The van der Waals surface area contributed by atoms with Crippen LogP contribution in [0.2, 0.25) is 0 Å². The number of nitrogens with two attached hydrogens (primary N) is 1. The van der Waals surface area contributed by atoms with Gasteiger partial charge < -0.3 is 25.5 Å².